The number of carbonyl (C=O) groups excluding carboxylic acids is 4. The molecule has 2 aliphatic rings. The van der Waals surface area contributed by atoms with Gasteiger partial charge in [-0.1, -0.05) is 83.9 Å². The van der Waals surface area contributed by atoms with Crippen LogP contribution in [0.1, 0.15) is 79.7 Å². The first-order valence-corrected chi connectivity index (χ1v) is 20.5. The van der Waals surface area contributed by atoms with Crippen molar-refractivity contribution in [3.8, 4) is 12.1 Å². The topological polar surface area (TPSA) is 167 Å². The summed E-state index contributed by atoms with van der Waals surface area (Å²) in [5.74, 6) is -0.967. The number of halogens is 2. The Labute approximate surface area is 357 Å². The molecule has 2 aliphatic heterocycles. The van der Waals surface area contributed by atoms with E-state index in [9.17, 15) is 24.3 Å². The van der Waals surface area contributed by atoms with Crippen molar-refractivity contribution in [3.63, 3.8) is 0 Å². The van der Waals surface area contributed by atoms with Crippen LogP contribution in [0.5, 0.6) is 0 Å². The van der Waals surface area contributed by atoms with E-state index in [1.54, 1.807) is 65.6 Å². The lowest BCUT2D eigenvalue weighted by Gasteiger charge is -2.22. The highest BCUT2D eigenvalue weighted by Crippen LogP contribution is 2.38. The van der Waals surface area contributed by atoms with Crippen molar-refractivity contribution < 1.29 is 24.3 Å². The molecule has 3 N–H and O–H groups in total. The Hall–Kier alpha value is -6.32. The molecule has 0 bridgehead atoms. The Morgan fingerprint density at radius 2 is 1.15 bits per heavy atom. The summed E-state index contributed by atoms with van der Waals surface area (Å²) in [7, 11) is 0. The number of nitrogens with one attached hydrogen (secondary N) is 2. The first kappa shape index (κ1) is 40.9. The molecule has 1 atom stereocenters. The van der Waals surface area contributed by atoms with Gasteiger partial charge in [0.15, 0.2) is 6.23 Å². The van der Waals surface area contributed by atoms with Crippen LogP contribution >= 0.6 is 45.9 Å². The molecule has 4 heterocycles. The van der Waals surface area contributed by atoms with Gasteiger partial charge in [0.25, 0.3) is 23.6 Å². The number of anilines is 2. The molecule has 0 spiro atoms. The van der Waals surface area contributed by atoms with E-state index in [0.29, 0.717) is 72.4 Å². The van der Waals surface area contributed by atoms with Crippen LogP contribution in [0.3, 0.4) is 0 Å². The van der Waals surface area contributed by atoms with E-state index in [2.05, 4.69) is 22.8 Å². The van der Waals surface area contributed by atoms with Gasteiger partial charge in [-0.3, -0.25) is 19.2 Å². The minimum absolute atomic E-state index is 0.0589. The summed E-state index contributed by atoms with van der Waals surface area (Å²) in [6.07, 6.45) is -0.503. The summed E-state index contributed by atoms with van der Waals surface area (Å²) in [6.45, 7) is 1.10. The molecule has 0 radical (unpaired) electrons. The van der Waals surface area contributed by atoms with E-state index in [1.165, 1.54) is 16.2 Å². The number of nitriles is 2. The van der Waals surface area contributed by atoms with E-state index < -0.39 is 6.23 Å². The maximum Gasteiger partial charge on any atom is 0.265 e. The summed E-state index contributed by atoms with van der Waals surface area (Å²) in [5.41, 5.74) is 6.82. The molecule has 59 heavy (non-hydrogen) atoms. The predicted molar refractivity (Wildman–Crippen MR) is 227 cm³/mol. The van der Waals surface area contributed by atoms with Crippen molar-refractivity contribution in [2.45, 2.75) is 38.7 Å². The van der Waals surface area contributed by atoms with Crippen molar-refractivity contribution in [1.29, 1.82) is 10.5 Å². The Bertz CT molecular complexity index is 2670. The van der Waals surface area contributed by atoms with Gasteiger partial charge in [-0.2, -0.15) is 10.5 Å². The number of hydrogen-bond donors (Lipinski definition) is 3. The fourth-order valence-electron chi connectivity index (χ4n) is 6.72. The Morgan fingerprint density at radius 1 is 0.661 bits per heavy atom. The zero-order chi connectivity index (χ0) is 41.6. The summed E-state index contributed by atoms with van der Waals surface area (Å²) in [6, 6.07) is 36.2. The van der Waals surface area contributed by atoms with Crippen LogP contribution in [0.25, 0.3) is 0 Å². The zero-order valence-electron chi connectivity index (χ0n) is 30.9. The number of thiophene rings is 2. The monoisotopic (exact) mass is 858 g/mol. The first-order chi connectivity index (χ1) is 28.5. The van der Waals surface area contributed by atoms with Crippen LogP contribution in [0, 0.1) is 22.7 Å². The van der Waals surface area contributed by atoms with Crippen LogP contribution in [-0.2, 0) is 32.5 Å². The molecule has 0 aliphatic carbocycles. The fraction of sp³-hybridized carbons (Fsp3) is 0.136. The third-order valence-corrected chi connectivity index (χ3v) is 12.1. The molecular formula is C44H32Cl2N6O5S2. The molecule has 4 aromatic carbocycles. The predicted octanol–water partition coefficient (Wildman–Crippen LogP) is 9.24. The second-order valence-corrected chi connectivity index (χ2v) is 16.9. The minimum Gasteiger partial charge on any atom is -0.369 e. The number of rotatable bonds is 10. The molecule has 1 unspecified atom stereocenters. The fourth-order valence-corrected chi connectivity index (χ4v) is 8.60. The number of fused-ring (bicyclic) bond motifs is 2. The lowest BCUT2D eigenvalue weighted by molar-refractivity contribution is 0.0140. The SMILES string of the molecule is N#CCc1ccc(CN2C(=O)c3cccc(NC(=O)c4ccc(Cl)s4)c3C2O)cc1.N#CCc1ccc(CN2Cc3c(NC(=O)c4ccc(Cl)s4)cccc3C2=O)cc1. The van der Waals surface area contributed by atoms with Crippen molar-refractivity contribution in [1.82, 2.24) is 9.80 Å². The van der Waals surface area contributed by atoms with Gasteiger partial charge in [0.05, 0.1) is 43.4 Å². The number of nitrogens with zero attached hydrogens (tertiary/aromatic N) is 4. The van der Waals surface area contributed by atoms with Crippen molar-refractivity contribution in [2.75, 3.05) is 10.6 Å². The number of benzene rings is 4. The normalized spacial score (nSPS) is 13.8. The summed E-state index contributed by atoms with van der Waals surface area (Å²) in [4.78, 5) is 54.8. The summed E-state index contributed by atoms with van der Waals surface area (Å²) < 4.78 is 1.05. The smallest absolute Gasteiger partial charge is 0.265 e. The van der Waals surface area contributed by atoms with Gasteiger partial charge < -0.3 is 25.5 Å². The summed E-state index contributed by atoms with van der Waals surface area (Å²) >= 11 is 14.2. The van der Waals surface area contributed by atoms with E-state index in [1.807, 2.05) is 48.5 Å². The Balaban J connectivity index is 0.000000179. The van der Waals surface area contributed by atoms with Crippen LogP contribution in [0.2, 0.25) is 8.67 Å². The van der Waals surface area contributed by atoms with Crippen LogP contribution < -0.4 is 10.6 Å². The second-order valence-electron chi connectivity index (χ2n) is 13.5. The third kappa shape index (κ3) is 9.21. The molecule has 15 heteroatoms. The number of aliphatic hydroxyl groups is 1. The van der Waals surface area contributed by atoms with Gasteiger partial charge in [-0.25, -0.2) is 0 Å². The maximum absolute atomic E-state index is 12.9. The Morgan fingerprint density at radius 3 is 1.68 bits per heavy atom. The number of carbonyl (C=O) groups is 4. The summed E-state index contributed by atoms with van der Waals surface area (Å²) in [5, 5.41) is 34.1. The molecule has 8 rings (SSSR count). The highest BCUT2D eigenvalue weighted by molar-refractivity contribution is 7.18. The van der Waals surface area contributed by atoms with Crippen LogP contribution in [0.4, 0.5) is 11.4 Å². The standard InChI is InChI=1S/C22H16ClN3O3S.C22H16ClN3O2S/c23-18-9-8-17(30-18)20(27)25-16-3-1-2-15-19(16)22(29)26(21(15)28)12-14-6-4-13(5-7-14)10-11-24;23-20-9-8-19(29-20)21(27)25-18-3-1-2-16-17(18)13-26(22(16)28)12-15-6-4-14(5-7-15)10-11-24/h1-9,22,29H,10,12H2,(H,25,27);1-9H,10,12-13H2,(H,25,27). The number of hydrogen-bond acceptors (Lipinski definition) is 9. The van der Waals surface area contributed by atoms with Crippen LogP contribution in [-0.4, -0.2) is 38.5 Å². The molecule has 0 fully saturated rings. The lowest BCUT2D eigenvalue weighted by atomic mass is 10.1. The maximum atomic E-state index is 12.9. The molecule has 4 amide bonds. The van der Waals surface area contributed by atoms with Crippen molar-refractivity contribution in [3.05, 3.63) is 172 Å². The molecule has 6 aromatic rings. The average molecular weight is 860 g/mol. The largest absolute Gasteiger partial charge is 0.369 e. The number of aliphatic hydroxyl groups excluding tert-OH is 1. The zero-order valence-corrected chi connectivity index (χ0v) is 34.1. The minimum atomic E-state index is -1.19. The van der Waals surface area contributed by atoms with Gasteiger partial charge in [0.2, 0.25) is 0 Å². The van der Waals surface area contributed by atoms with Crippen molar-refractivity contribution >= 4 is 80.9 Å². The van der Waals surface area contributed by atoms with Gasteiger partial charge in [-0.15, -0.1) is 22.7 Å². The highest BCUT2D eigenvalue weighted by Gasteiger charge is 2.38. The van der Waals surface area contributed by atoms with Crippen molar-refractivity contribution in [2.24, 2.45) is 0 Å². The third-order valence-electron chi connectivity index (χ3n) is 9.62. The van der Waals surface area contributed by atoms with Gasteiger partial charge >= 0.3 is 0 Å². The molecule has 294 valence electrons. The highest BCUT2D eigenvalue weighted by atomic mass is 35.5. The van der Waals surface area contributed by atoms with Gasteiger partial charge in [-0.05, 0) is 70.8 Å². The van der Waals surface area contributed by atoms with E-state index >= 15 is 0 Å². The molecule has 0 saturated carbocycles. The van der Waals surface area contributed by atoms with E-state index in [-0.39, 0.29) is 30.2 Å². The molecular weight excluding hydrogens is 828 g/mol. The van der Waals surface area contributed by atoms with Gasteiger partial charge in [0, 0.05) is 53.3 Å². The number of amides is 4. The molecule has 0 saturated heterocycles. The molecule has 2 aromatic heterocycles. The lowest BCUT2D eigenvalue weighted by Crippen LogP contribution is -2.27. The van der Waals surface area contributed by atoms with E-state index in [0.717, 1.165) is 39.2 Å². The Kier molecular flexibility index (Phi) is 12.5. The quantitative estimate of drug-likeness (QED) is 0.123. The first-order valence-electron chi connectivity index (χ1n) is 18.1. The average Bonchev–Trinajstić information content (AvgIpc) is 4.01. The van der Waals surface area contributed by atoms with E-state index in [4.69, 9.17) is 33.7 Å². The second kappa shape index (κ2) is 18.1. The molecule has 11 nitrogen and oxygen atoms in total. The van der Waals surface area contributed by atoms with Gasteiger partial charge in [0.1, 0.15) is 0 Å². The van der Waals surface area contributed by atoms with Crippen LogP contribution in [0.15, 0.2) is 109 Å².